The van der Waals surface area contributed by atoms with Crippen molar-refractivity contribution < 1.29 is 22.9 Å². The first-order valence-corrected chi connectivity index (χ1v) is 10.4. The monoisotopic (exact) mass is 421 g/mol. The molecule has 0 spiro atoms. The first-order valence-electron chi connectivity index (χ1n) is 8.97. The molecule has 29 heavy (non-hydrogen) atoms. The minimum atomic E-state index is -3.66. The first-order chi connectivity index (χ1) is 13.7. The van der Waals surface area contributed by atoms with Gasteiger partial charge in [-0.2, -0.15) is 4.31 Å². The molecule has 0 unspecified atom stereocenters. The Kier molecular flexibility index (Phi) is 7.29. The lowest BCUT2D eigenvalue weighted by molar-refractivity contribution is -0.385. The van der Waals surface area contributed by atoms with E-state index in [2.05, 4.69) is 5.32 Å². The smallest absolute Gasteiger partial charge is 0.311 e. The van der Waals surface area contributed by atoms with E-state index in [0.29, 0.717) is 18.7 Å². The van der Waals surface area contributed by atoms with E-state index in [0.717, 1.165) is 0 Å². The average Bonchev–Trinajstić information content (AvgIpc) is 2.67. The van der Waals surface area contributed by atoms with Gasteiger partial charge < -0.3 is 10.1 Å². The summed E-state index contributed by atoms with van der Waals surface area (Å²) in [5, 5.41) is 13.7. The maximum absolute atomic E-state index is 12.6. The normalized spacial score (nSPS) is 11.3. The Labute approximate surface area is 169 Å². The highest BCUT2D eigenvalue weighted by molar-refractivity contribution is 7.89. The third kappa shape index (κ3) is 5.52. The van der Waals surface area contributed by atoms with E-state index >= 15 is 0 Å². The van der Waals surface area contributed by atoms with Crippen molar-refractivity contribution in [3.63, 3.8) is 0 Å². The van der Waals surface area contributed by atoms with E-state index in [1.807, 2.05) is 0 Å². The van der Waals surface area contributed by atoms with Gasteiger partial charge in [0.15, 0.2) is 12.4 Å². The molecule has 156 valence electrons. The van der Waals surface area contributed by atoms with Crippen molar-refractivity contribution in [2.75, 3.05) is 25.0 Å². The zero-order valence-electron chi connectivity index (χ0n) is 16.4. The number of hydrogen-bond donors (Lipinski definition) is 1. The summed E-state index contributed by atoms with van der Waals surface area (Å²) >= 11 is 0. The number of ether oxygens (including phenoxy) is 1. The van der Waals surface area contributed by atoms with Gasteiger partial charge >= 0.3 is 5.69 Å². The molecule has 0 aliphatic heterocycles. The van der Waals surface area contributed by atoms with Gasteiger partial charge in [-0.05, 0) is 36.8 Å². The Morgan fingerprint density at radius 3 is 2.48 bits per heavy atom. The maximum atomic E-state index is 12.6. The van der Waals surface area contributed by atoms with Crippen molar-refractivity contribution in [1.82, 2.24) is 4.31 Å². The van der Waals surface area contributed by atoms with Crippen LogP contribution < -0.4 is 10.1 Å². The van der Waals surface area contributed by atoms with E-state index in [1.165, 1.54) is 34.6 Å². The number of carbonyl (C=O) groups is 1. The van der Waals surface area contributed by atoms with Gasteiger partial charge in [-0.25, -0.2) is 8.42 Å². The lowest BCUT2D eigenvalue weighted by atomic mass is 10.2. The molecule has 1 N–H and O–H groups in total. The summed E-state index contributed by atoms with van der Waals surface area (Å²) in [6.07, 6.45) is 0. The molecule has 0 bridgehead atoms. The van der Waals surface area contributed by atoms with Crippen molar-refractivity contribution in [3.05, 3.63) is 58.1 Å². The summed E-state index contributed by atoms with van der Waals surface area (Å²) in [6, 6.07) is 10.3. The minimum absolute atomic E-state index is 0.0198. The van der Waals surface area contributed by atoms with Gasteiger partial charge in [0.2, 0.25) is 10.0 Å². The minimum Gasteiger partial charge on any atom is -0.477 e. The summed E-state index contributed by atoms with van der Waals surface area (Å²) in [5.41, 5.74) is 0.745. The SMILES string of the molecule is CCN(CC)S(=O)(=O)c1cccc(NC(=O)COc2ccc(C)cc2[N+](=O)[O-])c1. The van der Waals surface area contributed by atoms with Crippen LogP contribution in [0.25, 0.3) is 0 Å². The van der Waals surface area contributed by atoms with E-state index in [4.69, 9.17) is 4.74 Å². The van der Waals surface area contributed by atoms with Crippen LogP contribution in [0.4, 0.5) is 11.4 Å². The second-order valence-electron chi connectivity index (χ2n) is 6.18. The van der Waals surface area contributed by atoms with Crippen molar-refractivity contribution in [1.29, 1.82) is 0 Å². The molecule has 2 rings (SSSR count). The van der Waals surface area contributed by atoms with Crippen molar-refractivity contribution >= 4 is 27.3 Å². The van der Waals surface area contributed by atoms with E-state index in [-0.39, 0.29) is 22.0 Å². The number of anilines is 1. The third-order valence-corrected chi connectivity index (χ3v) is 6.18. The Hall–Kier alpha value is -2.98. The number of nitro benzene ring substituents is 1. The number of carbonyl (C=O) groups excluding carboxylic acids is 1. The predicted octanol–water partition coefficient (Wildman–Crippen LogP) is 2.95. The van der Waals surface area contributed by atoms with E-state index in [1.54, 1.807) is 32.9 Å². The summed E-state index contributed by atoms with van der Waals surface area (Å²) in [6.45, 7) is 5.40. The Morgan fingerprint density at radius 1 is 1.17 bits per heavy atom. The molecule has 1 amide bonds. The number of nitrogens with one attached hydrogen (secondary N) is 1. The van der Waals surface area contributed by atoms with Crippen molar-refractivity contribution in [2.24, 2.45) is 0 Å². The molecular formula is C19H23N3O6S. The lowest BCUT2D eigenvalue weighted by Crippen LogP contribution is -2.30. The Balaban J connectivity index is 2.10. The number of benzene rings is 2. The largest absolute Gasteiger partial charge is 0.477 e. The molecule has 2 aromatic carbocycles. The fraction of sp³-hybridized carbons (Fsp3) is 0.316. The molecular weight excluding hydrogens is 398 g/mol. The number of nitrogens with zero attached hydrogens (tertiary/aromatic N) is 2. The average molecular weight is 421 g/mol. The molecule has 0 saturated heterocycles. The molecule has 0 heterocycles. The van der Waals surface area contributed by atoms with Gasteiger partial charge in [-0.15, -0.1) is 0 Å². The summed E-state index contributed by atoms with van der Waals surface area (Å²) in [5.74, 6) is -0.592. The summed E-state index contributed by atoms with van der Waals surface area (Å²) < 4.78 is 31.8. The molecule has 10 heteroatoms. The topological polar surface area (TPSA) is 119 Å². The fourth-order valence-electron chi connectivity index (χ4n) is 2.68. The molecule has 0 radical (unpaired) electrons. The van der Waals surface area contributed by atoms with Gasteiger partial charge in [0.05, 0.1) is 9.82 Å². The van der Waals surface area contributed by atoms with Crippen LogP contribution in [-0.2, 0) is 14.8 Å². The molecule has 0 atom stereocenters. The molecule has 0 aliphatic rings. The number of hydrogen-bond acceptors (Lipinski definition) is 6. The second kappa shape index (κ2) is 9.48. The van der Waals surface area contributed by atoms with Crippen LogP contribution in [0, 0.1) is 17.0 Å². The lowest BCUT2D eigenvalue weighted by Gasteiger charge is -2.18. The quantitative estimate of drug-likeness (QED) is 0.491. The number of aryl methyl sites for hydroxylation is 1. The highest BCUT2D eigenvalue weighted by Crippen LogP contribution is 2.27. The van der Waals surface area contributed by atoms with Crippen LogP contribution in [0.1, 0.15) is 19.4 Å². The van der Waals surface area contributed by atoms with Crippen LogP contribution in [0.5, 0.6) is 5.75 Å². The van der Waals surface area contributed by atoms with Crippen LogP contribution in [-0.4, -0.2) is 43.2 Å². The Bertz CT molecular complexity index is 1000. The van der Waals surface area contributed by atoms with Gasteiger partial charge in [0.25, 0.3) is 5.91 Å². The highest BCUT2D eigenvalue weighted by atomic mass is 32.2. The zero-order valence-corrected chi connectivity index (χ0v) is 17.2. The molecule has 0 saturated carbocycles. The van der Waals surface area contributed by atoms with Crippen LogP contribution in [0.2, 0.25) is 0 Å². The maximum Gasteiger partial charge on any atom is 0.311 e. The van der Waals surface area contributed by atoms with Crippen LogP contribution in [0.15, 0.2) is 47.4 Å². The van der Waals surface area contributed by atoms with Gasteiger partial charge in [0.1, 0.15) is 0 Å². The fourth-order valence-corrected chi connectivity index (χ4v) is 4.18. The molecule has 0 fully saturated rings. The summed E-state index contributed by atoms with van der Waals surface area (Å²) in [4.78, 5) is 22.8. The van der Waals surface area contributed by atoms with Crippen molar-refractivity contribution in [2.45, 2.75) is 25.7 Å². The van der Waals surface area contributed by atoms with Gasteiger partial charge in [0, 0.05) is 24.8 Å². The number of nitro groups is 1. The van der Waals surface area contributed by atoms with Gasteiger partial charge in [-0.1, -0.05) is 26.0 Å². The Morgan fingerprint density at radius 2 is 1.86 bits per heavy atom. The standard InChI is InChI=1S/C19H23N3O6S/c1-4-21(5-2)29(26,27)16-8-6-7-15(12-16)20-19(23)13-28-18-10-9-14(3)11-17(18)22(24)25/h6-12H,4-5,13H2,1-3H3,(H,20,23). The number of rotatable bonds is 9. The zero-order chi connectivity index (χ0) is 21.6. The molecule has 9 nitrogen and oxygen atoms in total. The second-order valence-corrected chi connectivity index (χ2v) is 8.12. The number of amides is 1. The van der Waals surface area contributed by atoms with Crippen LogP contribution in [0.3, 0.4) is 0 Å². The molecule has 2 aromatic rings. The molecule has 0 aliphatic carbocycles. The highest BCUT2D eigenvalue weighted by Gasteiger charge is 2.22. The predicted molar refractivity (Wildman–Crippen MR) is 109 cm³/mol. The third-order valence-electron chi connectivity index (χ3n) is 4.13. The summed E-state index contributed by atoms with van der Waals surface area (Å²) in [7, 11) is -3.66. The molecule has 0 aromatic heterocycles. The number of sulfonamides is 1. The van der Waals surface area contributed by atoms with E-state index < -0.39 is 27.5 Å². The van der Waals surface area contributed by atoms with Crippen LogP contribution >= 0.6 is 0 Å². The first kappa shape index (κ1) is 22.3. The van der Waals surface area contributed by atoms with Gasteiger partial charge in [-0.3, -0.25) is 14.9 Å². The van der Waals surface area contributed by atoms with Crippen molar-refractivity contribution in [3.8, 4) is 5.75 Å². The van der Waals surface area contributed by atoms with E-state index in [9.17, 15) is 23.3 Å².